The van der Waals surface area contributed by atoms with Gasteiger partial charge in [-0.1, -0.05) is 30.3 Å². The smallest absolute Gasteiger partial charge is 0.231 e. The molecule has 0 aliphatic heterocycles. The van der Waals surface area contributed by atoms with E-state index in [2.05, 4.69) is 15.1 Å². The second kappa shape index (κ2) is 9.27. The summed E-state index contributed by atoms with van der Waals surface area (Å²) in [5.74, 6) is 1.52. The highest BCUT2D eigenvalue weighted by molar-refractivity contribution is 5.86. The summed E-state index contributed by atoms with van der Waals surface area (Å²) in [6.45, 7) is 1.15. The maximum absolute atomic E-state index is 6.14. The number of furan rings is 1. The molecular weight excluding hydrogens is 422 g/mol. The predicted octanol–water partition coefficient (Wildman–Crippen LogP) is 3.47. The van der Waals surface area contributed by atoms with E-state index in [4.69, 9.17) is 24.4 Å². The van der Waals surface area contributed by atoms with E-state index in [1.165, 1.54) is 0 Å². The van der Waals surface area contributed by atoms with Crippen LogP contribution in [0.1, 0.15) is 5.56 Å². The van der Waals surface area contributed by atoms with Gasteiger partial charge in [-0.25, -0.2) is 14.5 Å². The maximum Gasteiger partial charge on any atom is 0.231 e. The van der Waals surface area contributed by atoms with Crippen molar-refractivity contribution < 1.29 is 18.6 Å². The van der Waals surface area contributed by atoms with Crippen LogP contribution in [0.25, 0.3) is 28.1 Å². The Kier molecular flexibility index (Phi) is 5.88. The second-order valence-electron chi connectivity index (χ2n) is 7.50. The van der Waals surface area contributed by atoms with E-state index >= 15 is 0 Å². The summed E-state index contributed by atoms with van der Waals surface area (Å²) >= 11 is 0. The van der Waals surface area contributed by atoms with Gasteiger partial charge < -0.3 is 24.4 Å². The van der Waals surface area contributed by atoms with E-state index in [0.29, 0.717) is 47.7 Å². The summed E-state index contributed by atoms with van der Waals surface area (Å²) in [7, 11) is 1.57. The Morgan fingerprint density at radius 2 is 1.94 bits per heavy atom. The van der Waals surface area contributed by atoms with Crippen LogP contribution in [-0.2, 0) is 11.3 Å². The molecule has 0 radical (unpaired) electrons. The molecule has 0 amide bonds. The monoisotopic (exact) mass is 445 g/mol. The van der Waals surface area contributed by atoms with E-state index < -0.39 is 0 Å². The third kappa shape index (κ3) is 4.50. The summed E-state index contributed by atoms with van der Waals surface area (Å²) in [6, 6.07) is 16.9. The Morgan fingerprint density at radius 3 is 2.79 bits per heavy atom. The van der Waals surface area contributed by atoms with Crippen molar-refractivity contribution in [3.63, 3.8) is 0 Å². The van der Waals surface area contributed by atoms with Crippen molar-refractivity contribution in [2.75, 3.05) is 20.3 Å². The van der Waals surface area contributed by atoms with Crippen molar-refractivity contribution in [1.82, 2.24) is 19.6 Å². The Balaban J connectivity index is 1.27. The minimum absolute atomic E-state index is 0.269. The van der Waals surface area contributed by atoms with Crippen molar-refractivity contribution in [3.8, 4) is 23.2 Å². The Labute approximate surface area is 189 Å². The quantitative estimate of drug-likeness (QED) is 0.367. The minimum Gasteiger partial charge on any atom is -0.480 e. The topological polar surface area (TPSA) is 110 Å². The molecule has 33 heavy (non-hydrogen) atoms. The molecule has 5 rings (SSSR count). The molecule has 0 spiro atoms. The fourth-order valence-electron chi connectivity index (χ4n) is 3.47. The molecule has 9 heteroatoms. The number of aromatic nitrogens is 4. The number of methoxy groups -OCH3 is 1. The Morgan fingerprint density at radius 1 is 1.06 bits per heavy atom. The predicted molar refractivity (Wildman–Crippen MR) is 122 cm³/mol. The third-order valence-corrected chi connectivity index (χ3v) is 5.08. The zero-order chi connectivity index (χ0) is 22.6. The van der Waals surface area contributed by atoms with Crippen LogP contribution in [-0.4, -0.2) is 45.9 Å². The maximum atomic E-state index is 6.14. The normalized spacial score (nSPS) is 12.3. The molecule has 2 N–H and O–H groups in total. The fourth-order valence-corrected chi connectivity index (χ4v) is 3.47. The van der Waals surface area contributed by atoms with E-state index in [9.17, 15) is 0 Å². The first kappa shape index (κ1) is 20.9. The van der Waals surface area contributed by atoms with Crippen LogP contribution in [0.2, 0.25) is 0 Å². The van der Waals surface area contributed by atoms with E-state index in [0.717, 1.165) is 10.9 Å². The Bertz CT molecular complexity index is 1370. The molecule has 0 saturated carbocycles. The average Bonchev–Trinajstić information content (AvgIpc) is 3.47. The van der Waals surface area contributed by atoms with Gasteiger partial charge in [0.1, 0.15) is 17.9 Å². The van der Waals surface area contributed by atoms with Gasteiger partial charge in [-0.2, -0.15) is 0 Å². The van der Waals surface area contributed by atoms with Crippen LogP contribution in [0.3, 0.4) is 0 Å². The van der Waals surface area contributed by atoms with Gasteiger partial charge in [0, 0.05) is 18.3 Å². The fraction of sp³-hybridized carbons (Fsp3) is 0.208. The number of hydrogen-bond acceptors (Lipinski definition) is 8. The summed E-state index contributed by atoms with van der Waals surface area (Å²) < 4.78 is 24.5. The molecule has 4 aromatic heterocycles. The number of imidazole rings is 1. The number of ether oxygens (including phenoxy) is 3. The number of nitrogens with zero attached hydrogens (tertiary/aromatic N) is 4. The summed E-state index contributed by atoms with van der Waals surface area (Å²) in [5, 5.41) is 5.33. The highest BCUT2D eigenvalue weighted by Gasteiger charge is 2.16. The van der Waals surface area contributed by atoms with Crippen molar-refractivity contribution >= 4 is 16.6 Å². The molecule has 168 valence electrons. The van der Waals surface area contributed by atoms with Crippen molar-refractivity contribution in [3.05, 3.63) is 72.6 Å². The van der Waals surface area contributed by atoms with Crippen molar-refractivity contribution in [1.29, 1.82) is 0 Å². The van der Waals surface area contributed by atoms with Crippen LogP contribution in [0.15, 0.2) is 71.4 Å². The molecular formula is C24H23N5O4. The summed E-state index contributed by atoms with van der Waals surface area (Å²) in [4.78, 5) is 8.62. The minimum atomic E-state index is -0.288. The first-order chi connectivity index (χ1) is 16.2. The molecule has 0 aliphatic rings. The number of benzene rings is 1. The van der Waals surface area contributed by atoms with Gasteiger partial charge in [-0.3, -0.25) is 0 Å². The standard InChI is InChI=1S/C24H23N5O4/c1-30-24-18-11-21(33-20(18)9-10-26-24)19-12-27-22-7-8-23(28-29(19)22)32-15-17(25)14-31-13-16-5-3-2-4-6-16/h2-12,17H,13-15,25H2,1H3/t17-/m1/s1. The third-order valence-electron chi connectivity index (χ3n) is 5.08. The second-order valence-corrected chi connectivity index (χ2v) is 7.50. The molecule has 0 unspecified atom stereocenters. The molecule has 0 aliphatic carbocycles. The lowest BCUT2D eigenvalue weighted by Gasteiger charge is -2.13. The average molecular weight is 445 g/mol. The van der Waals surface area contributed by atoms with Gasteiger partial charge in [0.15, 0.2) is 11.4 Å². The number of rotatable bonds is 9. The lowest BCUT2D eigenvalue weighted by Crippen LogP contribution is -2.33. The van der Waals surface area contributed by atoms with Gasteiger partial charge in [0.25, 0.3) is 0 Å². The van der Waals surface area contributed by atoms with Crippen LogP contribution in [0.4, 0.5) is 0 Å². The molecule has 1 aromatic carbocycles. The zero-order valence-electron chi connectivity index (χ0n) is 18.0. The Hall–Kier alpha value is -3.95. The lowest BCUT2D eigenvalue weighted by atomic mass is 10.2. The SMILES string of the molecule is COc1nccc2oc(-c3cnc4ccc(OC[C@H](N)COCc5ccccc5)nn34)cc12. The van der Waals surface area contributed by atoms with Crippen LogP contribution in [0, 0.1) is 0 Å². The number of fused-ring (bicyclic) bond motifs is 2. The molecule has 0 fully saturated rings. The zero-order valence-corrected chi connectivity index (χ0v) is 18.0. The van der Waals surface area contributed by atoms with Gasteiger partial charge in [-0.15, -0.1) is 5.10 Å². The van der Waals surface area contributed by atoms with E-state index in [1.54, 1.807) is 36.2 Å². The molecule has 0 saturated heterocycles. The van der Waals surface area contributed by atoms with Crippen LogP contribution in [0.5, 0.6) is 11.8 Å². The van der Waals surface area contributed by atoms with Gasteiger partial charge in [0.05, 0.1) is 37.9 Å². The van der Waals surface area contributed by atoms with Crippen LogP contribution >= 0.6 is 0 Å². The largest absolute Gasteiger partial charge is 0.480 e. The van der Waals surface area contributed by atoms with Crippen molar-refractivity contribution in [2.24, 2.45) is 5.73 Å². The molecule has 1 atom stereocenters. The molecule has 0 bridgehead atoms. The highest BCUT2D eigenvalue weighted by Crippen LogP contribution is 2.32. The molecule has 5 aromatic rings. The number of pyridine rings is 1. The first-order valence-corrected chi connectivity index (χ1v) is 10.5. The number of nitrogens with two attached hydrogens (primary N) is 1. The van der Waals surface area contributed by atoms with E-state index in [1.807, 2.05) is 42.5 Å². The van der Waals surface area contributed by atoms with Crippen LogP contribution < -0.4 is 15.2 Å². The van der Waals surface area contributed by atoms with Gasteiger partial charge >= 0.3 is 0 Å². The van der Waals surface area contributed by atoms with Gasteiger partial charge in [0.2, 0.25) is 11.8 Å². The van der Waals surface area contributed by atoms with E-state index in [-0.39, 0.29) is 12.6 Å². The van der Waals surface area contributed by atoms with Crippen molar-refractivity contribution in [2.45, 2.75) is 12.6 Å². The van der Waals surface area contributed by atoms with Gasteiger partial charge in [-0.05, 0) is 17.7 Å². The lowest BCUT2D eigenvalue weighted by molar-refractivity contribution is 0.0926. The number of hydrogen-bond donors (Lipinski definition) is 1. The highest BCUT2D eigenvalue weighted by atomic mass is 16.5. The molecule has 4 heterocycles. The summed E-state index contributed by atoms with van der Waals surface area (Å²) in [5.41, 5.74) is 9.26. The summed E-state index contributed by atoms with van der Waals surface area (Å²) in [6.07, 6.45) is 3.34. The first-order valence-electron chi connectivity index (χ1n) is 10.5. The molecule has 9 nitrogen and oxygen atoms in total.